The Kier molecular flexibility index (Phi) is 7.53. The van der Waals surface area contributed by atoms with Crippen molar-refractivity contribution in [3.63, 3.8) is 0 Å². The van der Waals surface area contributed by atoms with Crippen molar-refractivity contribution in [1.82, 2.24) is 4.90 Å². The fourth-order valence-corrected chi connectivity index (χ4v) is 3.91. The van der Waals surface area contributed by atoms with Gasteiger partial charge in [0.15, 0.2) is 0 Å². The molecule has 0 saturated carbocycles. The van der Waals surface area contributed by atoms with Gasteiger partial charge in [-0.3, -0.25) is 4.57 Å². The van der Waals surface area contributed by atoms with E-state index in [1.54, 1.807) is 0 Å². The van der Waals surface area contributed by atoms with Crippen molar-refractivity contribution in [2.75, 3.05) is 27.3 Å². The largest absolute Gasteiger partial charge is 0.377 e. The standard InChI is InChI=1S/C13H26NO3P/c1-8-12(13(11(4)5)14(6)7)18(15,16-9-2)17-10-3/h8H,9-10H2,1-7H3/b12-8-. The van der Waals surface area contributed by atoms with Crippen LogP contribution >= 0.6 is 7.60 Å². The summed E-state index contributed by atoms with van der Waals surface area (Å²) in [6, 6.07) is 0. The zero-order valence-corrected chi connectivity index (χ0v) is 13.5. The lowest BCUT2D eigenvalue weighted by Gasteiger charge is -2.27. The van der Waals surface area contributed by atoms with Gasteiger partial charge in [-0.05, 0) is 34.6 Å². The van der Waals surface area contributed by atoms with Gasteiger partial charge in [0.25, 0.3) is 0 Å². The van der Waals surface area contributed by atoms with Crippen molar-refractivity contribution >= 4 is 7.60 Å². The molecule has 0 N–H and O–H groups in total. The molecule has 0 radical (unpaired) electrons. The SMILES string of the molecule is C/C=C(/C(=C(C)C)N(C)C)P(=O)(OCC)OCC. The summed E-state index contributed by atoms with van der Waals surface area (Å²) in [6.45, 7) is 10.2. The average molecular weight is 275 g/mol. The van der Waals surface area contributed by atoms with Gasteiger partial charge in [-0.25, -0.2) is 0 Å². The van der Waals surface area contributed by atoms with Crippen molar-refractivity contribution in [2.24, 2.45) is 0 Å². The average Bonchev–Trinajstić information content (AvgIpc) is 2.24. The maximum absolute atomic E-state index is 12.8. The third-order valence-electron chi connectivity index (χ3n) is 2.33. The molecule has 0 saturated heterocycles. The van der Waals surface area contributed by atoms with E-state index in [1.165, 1.54) is 0 Å². The van der Waals surface area contributed by atoms with Crippen LogP contribution in [0, 0.1) is 0 Å². The molecule has 0 aromatic carbocycles. The number of rotatable bonds is 7. The van der Waals surface area contributed by atoms with Crippen molar-refractivity contribution in [3.05, 3.63) is 22.7 Å². The summed E-state index contributed by atoms with van der Waals surface area (Å²) in [5.41, 5.74) is 1.98. The monoisotopic (exact) mass is 275 g/mol. The number of allylic oxidation sites excluding steroid dienone is 3. The van der Waals surface area contributed by atoms with Crippen molar-refractivity contribution in [2.45, 2.75) is 34.6 Å². The quantitative estimate of drug-likeness (QED) is 0.520. The minimum atomic E-state index is -3.23. The molecule has 0 rings (SSSR count). The predicted octanol–water partition coefficient (Wildman–Crippen LogP) is 4.01. The summed E-state index contributed by atoms with van der Waals surface area (Å²) in [5, 5.41) is 0.635. The Hall–Kier alpha value is -0.570. The van der Waals surface area contributed by atoms with Crippen LogP contribution in [0.25, 0.3) is 0 Å². The number of nitrogens with zero attached hydrogens (tertiary/aromatic N) is 1. The predicted molar refractivity (Wildman–Crippen MR) is 76.7 cm³/mol. The minimum Gasteiger partial charge on any atom is -0.377 e. The molecule has 0 aromatic rings. The first-order valence-corrected chi connectivity index (χ1v) is 7.79. The van der Waals surface area contributed by atoms with E-state index in [2.05, 4.69) is 0 Å². The molecule has 0 bridgehead atoms. The highest BCUT2D eigenvalue weighted by Gasteiger charge is 2.32. The van der Waals surface area contributed by atoms with Gasteiger partial charge in [0.05, 0.1) is 18.5 Å². The lowest BCUT2D eigenvalue weighted by Crippen LogP contribution is -2.16. The van der Waals surface area contributed by atoms with Crippen LogP contribution in [0.4, 0.5) is 0 Å². The second kappa shape index (κ2) is 7.78. The highest BCUT2D eigenvalue weighted by atomic mass is 31.2. The second-order valence-electron chi connectivity index (χ2n) is 4.25. The summed E-state index contributed by atoms with van der Waals surface area (Å²) in [5.74, 6) is 0. The van der Waals surface area contributed by atoms with Gasteiger partial charge in [-0.15, -0.1) is 0 Å². The van der Waals surface area contributed by atoms with E-state index < -0.39 is 7.60 Å². The van der Waals surface area contributed by atoms with Crippen LogP contribution in [0.15, 0.2) is 22.7 Å². The summed E-state index contributed by atoms with van der Waals surface area (Å²) < 4.78 is 23.6. The molecule has 0 aliphatic heterocycles. The third kappa shape index (κ3) is 4.27. The van der Waals surface area contributed by atoms with E-state index in [0.29, 0.717) is 18.5 Å². The first-order chi connectivity index (χ1) is 8.33. The molecule has 0 aromatic heterocycles. The number of hydrogen-bond donors (Lipinski definition) is 0. The maximum atomic E-state index is 12.8. The van der Waals surface area contributed by atoms with Gasteiger partial charge in [0, 0.05) is 19.8 Å². The van der Waals surface area contributed by atoms with Crippen molar-refractivity contribution < 1.29 is 13.6 Å². The van der Waals surface area contributed by atoms with Crippen LogP contribution in [0.5, 0.6) is 0 Å². The lowest BCUT2D eigenvalue weighted by atomic mass is 10.2. The summed E-state index contributed by atoms with van der Waals surface area (Å²) in [7, 11) is 0.618. The molecule has 18 heavy (non-hydrogen) atoms. The Labute approximate surface area is 111 Å². The third-order valence-corrected chi connectivity index (χ3v) is 4.59. The molecule has 5 heteroatoms. The van der Waals surface area contributed by atoms with E-state index in [0.717, 1.165) is 11.3 Å². The topological polar surface area (TPSA) is 38.8 Å². The summed E-state index contributed by atoms with van der Waals surface area (Å²) in [4.78, 5) is 1.94. The van der Waals surface area contributed by atoms with E-state index in [9.17, 15) is 4.57 Å². The Morgan fingerprint density at radius 2 is 1.61 bits per heavy atom. The smallest absolute Gasteiger partial charge is 0.363 e. The van der Waals surface area contributed by atoms with Crippen LogP contribution < -0.4 is 0 Å². The fourth-order valence-electron chi connectivity index (χ4n) is 1.87. The Morgan fingerprint density at radius 3 is 1.83 bits per heavy atom. The summed E-state index contributed by atoms with van der Waals surface area (Å²) in [6.07, 6.45) is 1.81. The first-order valence-electron chi connectivity index (χ1n) is 6.25. The molecule has 0 fully saturated rings. The van der Waals surface area contributed by atoms with E-state index in [4.69, 9.17) is 9.05 Å². The van der Waals surface area contributed by atoms with Gasteiger partial charge in [-0.2, -0.15) is 0 Å². The minimum absolute atomic E-state index is 0.359. The van der Waals surface area contributed by atoms with Gasteiger partial charge in [0.2, 0.25) is 0 Å². The van der Waals surface area contributed by atoms with E-state index in [-0.39, 0.29) is 0 Å². The second-order valence-corrected chi connectivity index (χ2v) is 6.24. The molecular weight excluding hydrogens is 249 g/mol. The van der Waals surface area contributed by atoms with Crippen molar-refractivity contribution in [1.29, 1.82) is 0 Å². The highest BCUT2D eigenvalue weighted by Crippen LogP contribution is 2.59. The normalized spacial score (nSPS) is 12.5. The fraction of sp³-hybridized carbons (Fsp3) is 0.692. The van der Waals surface area contributed by atoms with E-state index in [1.807, 2.05) is 59.7 Å². The molecule has 0 aliphatic carbocycles. The van der Waals surface area contributed by atoms with Gasteiger partial charge < -0.3 is 13.9 Å². The van der Waals surface area contributed by atoms with Crippen LogP contribution in [-0.2, 0) is 13.6 Å². The number of hydrogen-bond acceptors (Lipinski definition) is 4. The van der Waals surface area contributed by atoms with Gasteiger partial charge >= 0.3 is 7.60 Å². The zero-order chi connectivity index (χ0) is 14.3. The molecule has 4 nitrogen and oxygen atoms in total. The molecule has 0 heterocycles. The molecule has 0 amide bonds. The van der Waals surface area contributed by atoms with Crippen LogP contribution in [0.3, 0.4) is 0 Å². The zero-order valence-electron chi connectivity index (χ0n) is 12.6. The highest BCUT2D eigenvalue weighted by molar-refractivity contribution is 7.58. The summed E-state index contributed by atoms with van der Waals surface area (Å²) >= 11 is 0. The molecule has 106 valence electrons. The molecule has 0 unspecified atom stereocenters. The molecule has 0 atom stereocenters. The number of likely N-dealkylation sites (N-methyl/N-ethyl adjacent to an activating group) is 1. The van der Waals surface area contributed by atoms with Crippen LogP contribution in [-0.4, -0.2) is 32.2 Å². The lowest BCUT2D eigenvalue weighted by molar-refractivity contribution is 0.225. The molecule has 0 spiro atoms. The maximum Gasteiger partial charge on any atom is 0.363 e. The molecular formula is C13H26NO3P. The Balaban J connectivity index is 5.68. The Bertz CT molecular complexity index is 358. The first kappa shape index (κ1) is 17.4. The Morgan fingerprint density at radius 1 is 1.17 bits per heavy atom. The van der Waals surface area contributed by atoms with E-state index >= 15 is 0 Å². The van der Waals surface area contributed by atoms with Gasteiger partial charge in [-0.1, -0.05) is 11.6 Å². The van der Waals surface area contributed by atoms with Crippen LogP contribution in [0.1, 0.15) is 34.6 Å². The van der Waals surface area contributed by atoms with Gasteiger partial charge in [0.1, 0.15) is 0 Å². The molecule has 0 aliphatic rings. The van der Waals surface area contributed by atoms with Crippen LogP contribution in [0.2, 0.25) is 0 Å². The van der Waals surface area contributed by atoms with Crippen molar-refractivity contribution in [3.8, 4) is 0 Å².